The molecular formula is C30H33N5O3. The molecule has 4 aromatic rings. The van der Waals surface area contributed by atoms with Gasteiger partial charge >= 0.3 is 5.97 Å². The number of carbonyl (C=O) groups is 2. The smallest absolute Gasteiger partial charge is 0.308 e. The Morgan fingerprint density at radius 1 is 1.08 bits per heavy atom. The first-order chi connectivity index (χ1) is 18.5. The highest BCUT2D eigenvalue weighted by Gasteiger charge is 2.31. The number of rotatable bonds is 7. The van der Waals surface area contributed by atoms with Gasteiger partial charge in [0.05, 0.1) is 12.5 Å². The standard InChI is InChI=1S/C30H33N5O3/c1-3-38-30(37)23-14-12-22(13-15-23)28-34-25(26-27(31)32-16-17-35(26)28)21-10-8-20(9-11-21)18-33-29(36)24-7-5-4-6-19(24)2/h4-11,16-17,22-23H,3,12-15,18H2,1-2H3,(H2,31,32)(H,33,36). The molecule has 0 atom stereocenters. The Hall–Kier alpha value is -4.20. The van der Waals surface area contributed by atoms with Gasteiger partial charge in [0, 0.05) is 36.0 Å². The van der Waals surface area contributed by atoms with Crippen LogP contribution in [0.1, 0.15) is 65.8 Å². The van der Waals surface area contributed by atoms with Gasteiger partial charge in [0.2, 0.25) is 0 Å². The molecule has 5 rings (SSSR count). The second kappa shape index (κ2) is 11.0. The van der Waals surface area contributed by atoms with Crippen LogP contribution >= 0.6 is 0 Å². The van der Waals surface area contributed by atoms with Crippen LogP contribution in [-0.2, 0) is 16.1 Å². The molecule has 196 valence electrons. The van der Waals surface area contributed by atoms with Crippen molar-refractivity contribution in [3.8, 4) is 11.3 Å². The van der Waals surface area contributed by atoms with Gasteiger partial charge in [-0.1, -0.05) is 42.5 Å². The summed E-state index contributed by atoms with van der Waals surface area (Å²) in [5.41, 5.74) is 11.5. The summed E-state index contributed by atoms with van der Waals surface area (Å²) in [7, 11) is 0. The summed E-state index contributed by atoms with van der Waals surface area (Å²) >= 11 is 0. The van der Waals surface area contributed by atoms with E-state index in [-0.39, 0.29) is 23.7 Å². The lowest BCUT2D eigenvalue weighted by molar-refractivity contribution is -0.149. The minimum Gasteiger partial charge on any atom is -0.466 e. The molecule has 8 heteroatoms. The predicted octanol–water partition coefficient (Wildman–Crippen LogP) is 5.05. The van der Waals surface area contributed by atoms with E-state index >= 15 is 0 Å². The molecule has 0 bridgehead atoms. The van der Waals surface area contributed by atoms with Gasteiger partial charge in [0.1, 0.15) is 22.9 Å². The number of esters is 1. The van der Waals surface area contributed by atoms with E-state index in [1.165, 1.54) is 0 Å². The van der Waals surface area contributed by atoms with Crippen molar-refractivity contribution in [2.75, 3.05) is 12.3 Å². The molecule has 2 heterocycles. The van der Waals surface area contributed by atoms with Gasteiger partial charge in [0.15, 0.2) is 0 Å². The largest absolute Gasteiger partial charge is 0.466 e. The van der Waals surface area contributed by atoms with Gasteiger partial charge in [-0.15, -0.1) is 0 Å². The maximum atomic E-state index is 12.6. The molecule has 2 aromatic carbocycles. The topological polar surface area (TPSA) is 112 Å². The number of nitrogens with one attached hydrogen (secondary N) is 1. The molecule has 0 saturated heterocycles. The number of aryl methyl sites for hydroxylation is 1. The average molecular weight is 512 g/mol. The molecule has 0 spiro atoms. The van der Waals surface area contributed by atoms with E-state index < -0.39 is 0 Å². The number of nitrogens with zero attached hydrogens (tertiary/aromatic N) is 3. The Morgan fingerprint density at radius 3 is 2.53 bits per heavy atom. The highest BCUT2D eigenvalue weighted by Crippen LogP contribution is 2.38. The zero-order chi connectivity index (χ0) is 26.6. The molecule has 1 saturated carbocycles. The average Bonchev–Trinajstić information content (AvgIpc) is 3.33. The maximum Gasteiger partial charge on any atom is 0.308 e. The summed E-state index contributed by atoms with van der Waals surface area (Å²) in [6.45, 7) is 4.61. The van der Waals surface area contributed by atoms with E-state index in [2.05, 4.69) is 10.3 Å². The first kappa shape index (κ1) is 25.4. The summed E-state index contributed by atoms with van der Waals surface area (Å²) in [5.74, 6) is 1.37. The van der Waals surface area contributed by atoms with Crippen LogP contribution in [0.4, 0.5) is 5.82 Å². The van der Waals surface area contributed by atoms with E-state index in [1.807, 2.05) is 73.0 Å². The van der Waals surface area contributed by atoms with Gasteiger partial charge in [-0.2, -0.15) is 0 Å². The number of fused-ring (bicyclic) bond motifs is 1. The normalized spacial score (nSPS) is 17.3. The minimum atomic E-state index is -0.0942. The number of hydrogen-bond acceptors (Lipinski definition) is 6. The lowest BCUT2D eigenvalue weighted by atomic mass is 9.81. The lowest BCUT2D eigenvalue weighted by Crippen LogP contribution is -2.23. The molecule has 1 aliphatic carbocycles. The monoisotopic (exact) mass is 511 g/mol. The first-order valence-electron chi connectivity index (χ1n) is 13.2. The van der Waals surface area contributed by atoms with E-state index in [9.17, 15) is 9.59 Å². The molecule has 8 nitrogen and oxygen atoms in total. The highest BCUT2D eigenvalue weighted by molar-refractivity contribution is 5.95. The van der Waals surface area contributed by atoms with Crippen molar-refractivity contribution >= 4 is 23.2 Å². The number of benzene rings is 2. The molecule has 0 radical (unpaired) electrons. The molecule has 0 unspecified atom stereocenters. The fourth-order valence-electron chi connectivity index (χ4n) is 5.31. The third-order valence-electron chi connectivity index (χ3n) is 7.39. The maximum absolute atomic E-state index is 12.6. The Balaban J connectivity index is 1.35. The number of nitrogen functional groups attached to an aromatic ring is 1. The van der Waals surface area contributed by atoms with Crippen LogP contribution in [-0.4, -0.2) is 32.9 Å². The molecule has 1 aliphatic rings. The molecule has 1 amide bonds. The van der Waals surface area contributed by atoms with Crippen molar-refractivity contribution < 1.29 is 14.3 Å². The van der Waals surface area contributed by atoms with E-state index in [0.717, 1.165) is 59.4 Å². The molecule has 1 fully saturated rings. The zero-order valence-corrected chi connectivity index (χ0v) is 21.8. The van der Waals surface area contributed by atoms with Gasteiger partial charge in [-0.05, 0) is 56.7 Å². The summed E-state index contributed by atoms with van der Waals surface area (Å²) in [5, 5.41) is 3.00. The van der Waals surface area contributed by atoms with Crippen LogP contribution in [0.15, 0.2) is 60.9 Å². The minimum absolute atomic E-state index is 0.0394. The van der Waals surface area contributed by atoms with Gasteiger partial charge < -0.3 is 15.8 Å². The van der Waals surface area contributed by atoms with Crippen molar-refractivity contribution in [1.82, 2.24) is 19.7 Å². The van der Waals surface area contributed by atoms with E-state index in [1.54, 1.807) is 6.20 Å². The third kappa shape index (κ3) is 5.11. The van der Waals surface area contributed by atoms with E-state index in [0.29, 0.717) is 24.5 Å². The van der Waals surface area contributed by atoms with Crippen LogP contribution in [0.2, 0.25) is 0 Å². The molecule has 2 aromatic heterocycles. The summed E-state index contributed by atoms with van der Waals surface area (Å²) < 4.78 is 7.28. The predicted molar refractivity (Wildman–Crippen MR) is 147 cm³/mol. The number of ether oxygens (including phenoxy) is 1. The van der Waals surface area contributed by atoms with E-state index in [4.69, 9.17) is 15.5 Å². The fourth-order valence-corrected chi connectivity index (χ4v) is 5.31. The number of carbonyl (C=O) groups excluding carboxylic acids is 2. The van der Waals surface area contributed by atoms with Crippen LogP contribution < -0.4 is 11.1 Å². The summed E-state index contributed by atoms with van der Waals surface area (Å²) in [6.07, 6.45) is 6.91. The zero-order valence-electron chi connectivity index (χ0n) is 21.8. The quantitative estimate of drug-likeness (QED) is 0.336. The van der Waals surface area contributed by atoms with Crippen molar-refractivity contribution in [3.05, 3.63) is 83.4 Å². The van der Waals surface area contributed by atoms with Crippen molar-refractivity contribution in [2.45, 2.75) is 52.0 Å². The summed E-state index contributed by atoms with van der Waals surface area (Å²) in [4.78, 5) is 34.2. The second-order valence-corrected chi connectivity index (χ2v) is 9.84. The van der Waals surface area contributed by atoms with Gasteiger partial charge in [0.25, 0.3) is 5.91 Å². The van der Waals surface area contributed by atoms with Crippen molar-refractivity contribution in [1.29, 1.82) is 0 Å². The third-order valence-corrected chi connectivity index (χ3v) is 7.39. The van der Waals surface area contributed by atoms with Gasteiger partial charge in [-0.25, -0.2) is 9.97 Å². The van der Waals surface area contributed by atoms with Crippen LogP contribution in [0, 0.1) is 12.8 Å². The number of aromatic nitrogens is 3. The molecular weight excluding hydrogens is 478 g/mol. The van der Waals surface area contributed by atoms with Crippen molar-refractivity contribution in [2.24, 2.45) is 5.92 Å². The number of hydrogen-bond donors (Lipinski definition) is 2. The molecule has 0 aliphatic heterocycles. The van der Waals surface area contributed by atoms with Crippen LogP contribution in [0.3, 0.4) is 0 Å². The van der Waals surface area contributed by atoms with Crippen molar-refractivity contribution in [3.63, 3.8) is 0 Å². The second-order valence-electron chi connectivity index (χ2n) is 9.84. The Morgan fingerprint density at radius 2 is 1.82 bits per heavy atom. The Labute approximate surface area is 222 Å². The molecule has 38 heavy (non-hydrogen) atoms. The number of amides is 1. The highest BCUT2D eigenvalue weighted by atomic mass is 16.5. The van der Waals surface area contributed by atoms with Crippen LogP contribution in [0.25, 0.3) is 16.8 Å². The lowest BCUT2D eigenvalue weighted by Gasteiger charge is -2.26. The Bertz CT molecular complexity index is 1450. The van der Waals surface area contributed by atoms with Crippen LogP contribution in [0.5, 0.6) is 0 Å². The summed E-state index contributed by atoms with van der Waals surface area (Å²) in [6, 6.07) is 15.6. The fraction of sp³-hybridized carbons (Fsp3) is 0.333. The number of imidazole rings is 1. The SMILES string of the molecule is CCOC(=O)C1CCC(c2nc(-c3ccc(CNC(=O)c4ccccc4C)cc3)c3c(N)nccn23)CC1. The molecule has 3 N–H and O–H groups in total. The first-order valence-corrected chi connectivity index (χ1v) is 13.2. The number of anilines is 1. The Kier molecular flexibility index (Phi) is 7.40. The van der Waals surface area contributed by atoms with Gasteiger partial charge in [-0.3, -0.25) is 14.0 Å². The number of nitrogens with two attached hydrogens (primary N) is 1.